The maximum Gasteiger partial charge on any atom is 0.244 e. The predicted octanol–water partition coefficient (Wildman–Crippen LogP) is 5.67. The van der Waals surface area contributed by atoms with Gasteiger partial charge in [0.2, 0.25) is 5.91 Å². The van der Waals surface area contributed by atoms with Gasteiger partial charge in [0.05, 0.1) is 7.11 Å². The van der Waals surface area contributed by atoms with E-state index in [2.05, 4.69) is 5.32 Å². The summed E-state index contributed by atoms with van der Waals surface area (Å²) in [5.74, 6) is 1.01. The molecule has 1 amide bonds. The van der Waals surface area contributed by atoms with Crippen molar-refractivity contribution >= 4 is 28.3 Å². The van der Waals surface area contributed by atoms with E-state index >= 15 is 0 Å². The molecule has 1 heterocycles. The number of hydrogen-bond acceptors (Lipinski definition) is 3. The van der Waals surface area contributed by atoms with E-state index in [1.807, 2.05) is 61.0 Å². The van der Waals surface area contributed by atoms with E-state index in [1.54, 1.807) is 7.11 Å². The minimum Gasteiger partial charge on any atom is -0.496 e. The number of Topliss-reactive ketones (excluding diaryl/α,β-unsaturated/α-hetero) is 1. The highest BCUT2D eigenvalue weighted by molar-refractivity contribution is 6.09. The average Bonchev–Trinajstić information content (AvgIpc) is 3.14. The number of rotatable bonds is 6. The van der Waals surface area contributed by atoms with Gasteiger partial charge < -0.3 is 14.6 Å². The van der Waals surface area contributed by atoms with Gasteiger partial charge >= 0.3 is 0 Å². The fourth-order valence-corrected chi connectivity index (χ4v) is 4.65. The first-order valence-corrected chi connectivity index (χ1v) is 11.0. The van der Waals surface area contributed by atoms with E-state index < -0.39 is 0 Å². The van der Waals surface area contributed by atoms with Gasteiger partial charge in [0, 0.05) is 34.3 Å². The first-order valence-electron chi connectivity index (χ1n) is 11.0. The Morgan fingerprint density at radius 2 is 1.81 bits per heavy atom. The zero-order valence-corrected chi connectivity index (χ0v) is 18.5. The molecule has 1 saturated carbocycles. The number of aromatic nitrogens is 1. The molecule has 1 aliphatic rings. The molecule has 5 nitrogen and oxygen atoms in total. The lowest BCUT2D eigenvalue weighted by Crippen LogP contribution is -2.19. The summed E-state index contributed by atoms with van der Waals surface area (Å²) in [6.07, 6.45) is 7.27. The molecule has 0 bridgehead atoms. The minimum absolute atomic E-state index is 0.103. The van der Waals surface area contributed by atoms with Gasteiger partial charge in [-0.2, -0.15) is 0 Å². The number of ketones is 1. The first-order chi connectivity index (χ1) is 15.0. The van der Waals surface area contributed by atoms with Crippen molar-refractivity contribution in [1.82, 2.24) is 4.57 Å². The number of anilines is 1. The summed E-state index contributed by atoms with van der Waals surface area (Å²) in [5, 5.41) is 3.95. The molecule has 31 heavy (non-hydrogen) atoms. The molecule has 3 aromatic rings. The van der Waals surface area contributed by atoms with Crippen LogP contribution in [-0.4, -0.2) is 23.4 Å². The molecule has 4 rings (SSSR count). The Hall–Kier alpha value is -3.08. The molecular weight excluding hydrogens is 388 g/mol. The topological polar surface area (TPSA) is 60.3 Å². The Bertz CT molecular complexity index is 1120. The van der Waals surface area contributed by atoms with Gasteiger partial charge in [0.25, 0.3) is 0 Å². The third-order valence-electron chi connectivity index (χ3n) is 6.36. The van der Waals surface area contributed by atoms with Crippen LogP contribution < -0.4 is 10.1 Å². The number of aryl methyl sites for hydroxylation is 2. The molecule has 0 radical (unpaired) electrons. The number of nitrogens with one attached hydrogen (secondary N) is 1. The molecule has 0 saturated heterocycles. The van der Waals surface area contributed by atoms with Crippen LogP contribution in [-0.2, 0) is 11.3 Å². The number of carbonyl (C=O) groups is 2. The van der Waals surface area contributed by atoms with Crippen molar-refractivity contribution in [2.24, 2.45) is 5.92 Å². The number of para-hydroxylation sites is 1. The standard InChI is InChI=1S/C26H30N2O3/c1-17-14-24(31-3)18(2)13-22(17)27-25(29)16-28-15-21(20-11-7-8-12-23(20)28)26(30)19-9-5-4-6-10-19/h7-8,11-15,19H,4-6,9-10,16H2,1-3H3,(H,27,29). The first kappa shape index (κ1) is 21.2. The highest BCUT2D eigenvalue weighted by Gasteiger charge is 2.25. The van der Waals surface area contributed by atoms with Crippen LogP contribution in [0.3, 0.4) is 0 Å². The number of ether oxygens (including phenoxy) is 1. The SMILES string of the molecule is COc1cc(C)c(NC(=O)Cn2cc(C(=O)C3CCCCC3)c3ccccc32)cc1C. The van der Waals surface area contributed by atoms with E-state index in [-0.39, 0.29) is 24.2 Å². The lowest BCUT2D eigenvalue weighted by atomic mass is 9.84. The highest BCUT2D eigenvalue weighted by Crippen LogP contribution is 2.31. The number of amides is 1. The van der Waals surface area contributed by atoms with Crippen LogP contribution >= 0.6 is 0 Å². The highest BCUT2D eigenvalue weighted by atomic mass is 16.5. The van der Waals surface area contributed by atoms with Crippen LogP contribution in [0.15, 0.2) is 42.6 Å². The largest absolute Gasteiger partial charge is 0.496 e. The van der Waals surface area contributed by atoms with Crippen LogP contribution in [0, 0.1) is 19.8 Å². The van der Waals surface area contributed by atoms with Crippen molar-refractivity contribution in [2.75, 3.05) is 12.4 Å². The van der Waals surface area contributed by atoms with Gasteiger partial charge in [-0.25, -0.2) is 0 Å². The molecule has 0 spiro atoms. The predicted molar refractivity (Wildman–Crippen MR) is 124 cm³/mol. The molecule has 0 atom stereocenters. The second-order valence-corrected chi connectivity index (χ2v) is 8.57. The third-order valence-corrected chi connectivity index (χ3v) is 6.36. The van der Waals surface area contributed by atoms with Gasteiger partial charge in [0.15, 0.2) is 5.78 Å². The van der Waals surface area contributed by atoms with Crippen LogP contribution in [0.25, 0.3) is 10.9 Å². The number of carbonyl (C=O) groups excluding carboxylic acids is 2. The minimum atomic E-state index is -0.120. The maximum absolute atomic E-state index is 13.2. The second kappa shape index (κ2) is 8.96. The van der Waals surface area contributed by atoms with E-state index in [1.165, 1.54) is 6.42 Å². The Labute approximate surface area is 183 Å². The number of benzene rings is 2. The number of hydrogen-bond donors (Lipinski definition) is 1. The summed E-state index contributed by atoms with van der Waals surface area (Å²) in [6, 6.07) is 11.7. The van der Waals surface area contributed by atoms with Crippen molar-refractivity contribution in [3.05, 3.63) is 59.3 Å². The number of nitrogens with zero attached hydrogens (tertiary/aromatic N) is 1. The van der Waals surface area contributed by atoms with Crippen LogP contribution in [0.5, 0.6) is 5.75 Å². The third kappa shape index (κ3) is 4.36. The van der Waals surface area contributed by atoms with E-state index in [4.69, 9.17) is 4.74 Å². The summed E-state index contributed by atoms with van der Waals surface area (Å²) in [6.45, 7) is 4.06. The fourth-order valence-electron chi connectivity index (χ4n) is 4.65. The molecule has 1 fully saturated rings. The van der Waals surface area contributed by atoms with Crippen LogP contribution in [0.2, 0.25) is 0 Å². The molecule has 2 aromatic carbocycles. The van der Waals surface area contributed by atoms with Gasteiger partial charge in [-0.05, 0) is 56.0 Å². The lowest BCUT2D eigenvalue weighted by Gasteiger charge is -2.19. The van der Waals surface area contributed by atoms with Gasteiger partial charge in [-0.15, -0.1) is 0 Å². The van der Waals surface area contributed by atoms with Gasteiger partial charge in [-0.3, -0.25) is 9.59 Å². The molecular formula is C26H30N2O3. The smallest absolute Gasteiger partial charge is 0.244 e. The molecule has 0 aliphatic heterocycles. The molecule has 162 valence electrons. The Morgan fingerprint density at radius 1 is 1.06 bits per heavy atom. The summed E-state index contributed by atoms with van der Waals surface area (Å²) in [5.41, 5.74) is 4.35. The zero-order chi connectivity index (χ0) is 22.0. The zero-order valence-electron chi connectivity index (χ0n) is 18.5. The van der Waals surface area contributed by atoms with Crippen molar-refractivity contribution in [1.29, 1.82) is 0 Å². The van der Waals surface area contributed by atoms with Crippen LogP contribution in [0.4, 0.5) is 5.69 Å². The summed E-state index contributed by atoms with van der Waals surface area (Å²) in [4.78, 5) is 26.1. The molecule has 1 aromatic heterocycles. The lowest BCUT2D eigenvalue weighted by molar-refractivity contribution is -0.116. The molecule has 1 N–H and O–H groups in total. The summed E-state index contributed by atoms with van der Waals surface area (Å²) < 4.78 is 7.25. The van der Waals surface area contributed by atoms with Crippen molar-refractivity contribution in [3.63, 3.8) is 0 Å². The average molecular weight is 419 g/mol. The molecule has 1 aliphatic carbocycles. The van der Waals surface area contributed by atoms with Crippen molar-refractivity contribution in [3.8, 4) is 5.75 Å². The second-order valence-electron chi connectivity index (χ2n) is 8.57. The summed E-state index contributed by atoms with van der Waals surface area (Å²) >= 11 is 0. The van der Waals surface area contributed by atoms with E-state index in [0.717, 1.165) is 64.7 Å². The van der Waals surface area contributed by atoms with E-state index in [0.29, 0.717) is 0 Å². The van der Waals surface area contributed by atoms with Crippen molar-refractivity contribution < 1.29 is 14.3 Å². The van der Waals surface area contributed by atoms with Crippen LogP contribution in [0.1, 0.15) is 53.6 Å². The summed E-state index contributed by atoms with van der Waals surface area (Å²) in [7, 11) is 1.64. The maximum atomic E-state index is 13.2. The Balaban J connectivity index is 1.58. The Kier molecular flexibility index (Phi) is 6.12. The van der Waals surface area contributed by atoms with Crippen molar-refractivity contribution in [2.45, 2.75) is 52.5 Å². The molecule has 0 unspecified atom stereocenters. The number of methoxy groups -OCH3 is 1. The fraction of sp³-hybridized carbons (Fsp3) is 0.385. The normalized spacial score (nSPS) is 14.5. The van der Waals surface area contributed by atoms with Gasteiger partial charge in [0.1, 0.15) is 12.3 Å². The van der Waals surface area contributed by atoms with E-state index in [9.17, 15) is 9.59 Å². The molecule has 5 heteroatoms. The van der Waals surface area contributed by atoms with Gasteiger partial charge in [-0.1, -0.05) is 37.5 Å². The quantitative estimate of drug-likeness (QED) is 0.525. The number of fused-ring (bicyclic) bond motifs is 1. The Morgan fingerprint density at radius 3 is 2.55 bits per heavy atom. The monoisotopic (exact) mass is 418 g/mol.